The van der Waals surface area contributed by atoms with E-state index in [-0.39, 0.29) is 12.5 Å². The molecular formula is C20H21N3O3. The molecule has 1 atom stereocenters. The van der Waals surface area contributed by atoms with Crippen LogP contribution in [0.2, 0.25) is 0 Å². The second-order valence-corrected chi connectivity index (χ2v) is 6.12. The first-order chi connectivity index (χ1) is 12.5. The molecule has 1 unspecified atom stereocenters. The van der Waals surface area contributed by atoms with Gasteiger partial charge in [0.2, 0.25) is 11.7 Å². The van der Waals surface area contributed by atoms with E-state index in [0.29, 0.717) is 17.5 Å². The van der Waals surface area contributed by atoms with Crippen molar-refractivity contribution in [2.24, 2.45) is 0 Å². The topological polar surface area (TPSA) is 77.2 Å². The number of rotatable bonds is 6. The van der Waals surface area contributed by atoms with Crippen LogP contribution in [0.5, 0.6) is 5.75 Å². The molecule has 6 nitrogen and oxygen atoms in total. The van der Waals surface area contributed by atoms with Crippen molar-refractivity contribution < 1.29 is 14.1 Å². The van der Waals surface area contributed by atoms with E-state index >= 15 is 0 Å². The first-order valence-electron chi connectivity index (χ1n) is 8.42. The van der Waals surface area contributed by atoms with E-state index < -0.39 is 6.10 Å². The average Bonchev–Trinajstić information content (AvgIpc) is 3.10. The van der Waals surface area contributed by atoms with Crippen LogP contribution in [-0.4, -0.2) is 22.2 Å². The van der Waals surface area contributed by atoms with Crippen LogP contribution in [0.3, 0.4) is 0 Å². The number of ether oxygens (including phenoxy) is 1. The van der Waals surface area contributed by atoms with Gasteiger partial charge in [0.15, 0.2) is 6.10 Å². The van der Waals surface area contributed by atoms with Gasteiger partial charge in [-0.25, -0.2) is 0 Å². The number of aromatic nitrogens is 2. The minimum atomic E-state index is -0.629. The number of hydrogen-bond acceptors (Lipinski definition) is 5. The maximum atomic E-state index is 12.2. The van der Waals surface area contributed by atoms with Gasteiger partial charge in [-0.3, -0.25) is 4.79 Å². The van der Waals surface area contributed by atoms with Gasteiger partial charge in [-0.1, -0.05) is 47.1 Å². The van der Waals surface area contributed by atoms with Crippen molar-refractivity contribution in [3.8, 4) is 17.1 Å². The van der Waals surface area contributed by atoms with Gasteiger partial charge in [0.25, 0.3) is 5.91 Å². The van der Waals surface area contributed by atoms with E-state index in [9.17, 15) is 4.79 Å². The number of aryl methyl sites for hydroxylation is 2. The van der Waals surface area contributed by atoms with Gasteiger partial charge >= 0.3 is 0 Å². The predicted molar refractivity (Wildman–Crippen MR) is 97.6 cm³/mol. The highest BCUT2D eigenvalue weighted by Crippen LogP contribution is 2.18. The predicted octanol–water partition coefficient (Wildman–Crippen LogP) is 3.44. The van der Waals surface area contributed by atoms with Crippen molar-refractivity contribution in [2.75, 3.05) is 0 Å². The summed E-state index contributed by atoms with van der Waals surface area (Å²) in [6, 6.07) is 15.4. The second kappa shape index (κ2) is 7.82. The number of hydrogen-bond donors (Lipinski definition) is 1. The summed E-state index contributed by atoms with van der Waals surface area (Å²) in [5, 5.41) is 6.72. The summed E-state index contributed by atoms with van der Waals surface area (Å²) in [5.74, 6) is 1.29. The molecule has 0 radical (unpaired) electrons. The molecule has 1 heterocycles. The molecular weight excluding hydrogens is 330 g/mol. The van der Waals surface area contributed by atoms with E-state index in [4.69, 9.17) is 9.26 Å². The largest absolute Gasteiger partial charge is 0.481 e. The van der Waals surface area contributed by atoms with Gasteiger partial charge in [0.1, 0.15) is 5.75 Å². The SMILES string of the molecule is Cc1cccc(-c2noc(CNC(=O)C(C)Oc3ccccc3C)n2)c1. The summed E-state index contributed by atoms with van der Waals surface area (Å²) in [6.45, 7) is 5.79. The maximum absolute atomic E-state index is 12.2. The molecule has 134 valence electrons. The zero-order chi connectivity index (χ0) is 18.5. The van der Waals surface area contributed by atoms with Gasteiger partial charge in [0, 0.05) is 5.56 Å². The molecule has 0 saturated carbocycles. The molecule has 6 heteroatoms. The summed E-state index contributed by atoms with van der Waals surface area (Å²) in [6.07, 6.45) is -0.629. The van der Waals surface area contributed by atoms with Crippen molar-refractivity contribution in [2.45, 2.75) is 33.4 Å². The molecule has 0 bridgehead atoms. The molecule has 1 amide bonds. The van der Waals surface area contributed by atoms with E-state index in [1.54, 1.807) is 6.92 Å². The second-order valence-electron chi connectivity index (χ2n) is 6.12. The third kappa shape index (κ3) is 4.27. The van der Waals surface area contributed by atoms with E-state index in [0.717, 1.165) is 16.7 Å². The Morgan fingerprint density at radius 1 is 1.19 bits per heavy atom. The zero-order valence-electron chi connectivity index (χ0n) is 15.0. The molecule has 1 aromatic heterocycles. The van der Waals surface area contributed by atoms with Crippen LogP contribution in [-0.2, 0) is 11.3 Å². The van der Waals surface area contributed by atoms with Gasteiger partial charge < -0.3 is 14.6 Å². The number of carbonyl (C=O) groups is 1. The fourth-order valence-electron chi connectivity index (χ4n) is 2.47. The van der Waals surface area contributed by atoms with E-state index in [1.165, 1.54) is 0 Å². The minimum Gasteiger partial charge on any atom is -0.481 e. The van der Waals surface area contributed by atoms with E-state index in [1.807, 2.05) is 62.4 Å². The lowest BCUT2D eigenvalue weighted by Gasteiger charge is -2.15. The molecule has 26 heavy (non-hydrogen) atoms. The molecule has 3 aromatic rings. The minimum absolute atomic E-state index is 0.152. The van der Waals surface area contributed by atoms with Gasteiger partial charge in [-0.05, 0) is 38.5 Å². The average molecular weight is 351 g/mol. The number of para-hydroxylation sites is 1. The fraction of sp³-hybridized carbons (Fsp3) is 0.250. The van der Waals surface area contributed by atoms with Crippen LogP contribution in [0.25, 0.3) is 11.4 Å². The highest BCUT2D eigenvalue weighted by atomic mass is 16.5. The normalized spacial score (nSPS) is 11.8. The number of amides is 1. The summed E-state index contributed by atoms with van der Waals surface area (Å²) in [4.78, 5) is 16.5. The lowest BCUT2D eigenvalue weighted by molar-refractivity contribution is -0.127. The molecule has 0 aliphatic rings. The first kappa shape index (κ1) is 17.7. The molecule has 0 aliphatic carbocycles. The summed E-state index contributed by atoms with van der Waals surface area (Å²) in [7, 11) is 0. The van der Waals surface area contributed by atoms with Crippen LogP contribution in [0.4, 0.5) is 0 Å². The van der Waals surface area contributed by atoms with Crippen LogP contribution in [0, 0.1) is 13.8 Å². The number of benzene rings is 2. The molecule has 0 aliphatic heterocycles. The van der Waals surface area contributed by atoms with Crippen LogP contribution in [0.1, 0.15) is 23.9 Å². The third-order valence-electron chi connectivity index (χ3n) is 3.92. The fourth-order valence-corrected chi connectivity index (χ4v) is 2.47. The Balaban J connectivity index is 1.57. The molecule has 1 N–H and O–H groups in total. The lowest BCUT2D eigenvalue weighted by Crippen LogP contribution is -2.36. The van der Waals surface area contributed by atoms with Crippen LogP contribution in [0.15, 0.2) is 53.1 Å². The van der Waals surface area contributed by atoms with Crippen LogP contribution >= 0.6 is 0 Å². The summed E-state index contributed by atoms with van der Waals surface area (Å²) < 4.78 is 10.9. The molecule has 0 fully saturated rings. The Bertz CT molecular complexity index is 905. The Kier molecular flexibility index (Phi) is 5.31. The monoisotopic (exact) mass is 351 g/mol. The number of nitrogens with zero attached hydrogens (tertiary/aromatic N) is 2. The maximum Gasteiger partial charge on any atom is 0.261 e. The van der Waals surface area contributed by atoms with Gasteiger partial charge in [-0.2, -0.15) is 4.98 Å². The standard InChI is InChI=1S/C20H21N3O3/c1-13-7-6-9-16(11-13)19-22-18(26-23-19)12-21-20(24)15(3)25-17-10-5-4-8-14(17)2/h4-11,15H,12H2,1-3H3,(H,21,24). The van der Waals surface area contributed by atoms with Crippen LogP contribution < -0.4 is 10.1 Å². The molecule has 3 rings (SSSR count). The quantitative estimate of drug-likeness (QED) is 0.736. The Morgan fingerprint density at radius 2 is 2.00 bits per heavy atom. The molecule has 0 spiro atoms. The molecule has 0 saturated heterocycles. The summed E-state index contributed by atoms with van der Waals surface area (Å²) in [5.41, 5.74) is 2.97. The Labute approximate surface area is 152 Å². The van der Waals surface area contributed by atoms with Gasteiger partial charge in [0.05, 0.1) is 6.54 Å². The molecule has 2 aromatic carbocycles. The lowest BCUT2D eigenvalue weighted by atomic mass is 10.1. The van der Waals surface area contributed by atoms with E-state index in [2.05, 4.69) is 15.5 Å². The highest BCUT2D eigenvalue weighted by molar-refractivity contribution is 5.80. The van der Waals surface area contributed by atoms with Crippen molar-refractivity contribution in [3.63, 3.8) is 0 Å². The van der Waals surface area contributed by atoms with Crippen molar-refractivity contribution in [3.05, 3.63) is 65.5 Å². The number of carbonyl (C=O) groups excluding carboxylic acids is 1. The van der Waals surface area contributed by atoms with Crippen molar-refractivity contribution >= 4 is 5.91 Å². The smallest absolute Gasteiger partial charge is 0.261 e. The Morgan fingerprint density at radius 3 is 2.77 bits per heavy atom. The number of nitrogens with one attached hydrogen (secondary N) is 1. The highest BCUT2D eigenvalue weighted by Gasteiger charge is 2.17. The first-order valence-corrected chi connectivity index (χ1v) is 8.42. The van der Waals surface area contributed by atoms with Crippen molar-refractivity contribution in [1.29, 1.82) is 0 Å². The zero-order valence-corrected chi connectivity index (χ0v) is 15.0. The third-order valence-corrected chi connectivity index (χ3v) is 3.92. The Hall–Kier alpha value is -3.15. The van der Waals surface area contributed by atoms with Crippen molar-refractivity contribution in [1.82, 2.24) is 15.5 Å². The summed E-state index contributed by atoms with van der Waals surface area (Å²) >= 11 is 0. The van der Waals surface area contributed by atoms with Gasteiger partial charge in [-0.15, -0.1) is 0 Å².